The Morgan fingerprint density at radius 2 is 1.86 bits per heavy atom. The molecule has 1 aliphatic rings. The fourth-order valence-corrected chi connectivity index (χ4v) is 3.94. The number of nitrogens with zero attached hydrogens (tertiary/aromatic N) is 1. The van der Waals surface area contributed by atoms with E-state index in [4.69, 9.17) is 9.47 Å². The van der Waals surface area contributed by atoms with Gasteiger partial charge in [-0.2, -0.15) is 0 Å². The third-order valence-corrected chi connectivity index (χ3v) is 5.99. The van der Waals surface area contributed by atoms with Gasteiger partial charge in [0.1, 0.15) is 0 Å². The number of hydrogen-bond acceptors (Lipinski definition) is 6. The molecule has 2 atom stereocenters. The fraction of sp³-hybridized carbons (Fsp3) is 0.611. The van der Waals surface area contributed by atoms with Gasteiger partial charge in [0.25, 0.3) is 0 Å². The van der Waals surface area contributed by atoms with E-state index < -0.39 is 10.0 Å². The molecule has 0 spiro atoms. The van der Waals surface area contributed by atoms with Gasteiger partial charge in [0.2, 0.25) is 15.9 Å². The molecule has 1 fully saturated rings. The molecule has 1 amide bonds. The van der Waals surface area contributed by atoms with E-state index in [1.807, 2.05) is 27.7 Å². The maximum atomic E-state index is 12.6. The zero-order valence-corrected chi connectivity index (χ0v) is 18.4. The Labute approximate surface area is 173 Å². The number of sulfonamides is 1. The van der Waals surface area contributed by atoms with Crippen molar-refractivity contribution in [1.29, 1.82) is 0 Å². The highest BCUT2D eigenvalue weighted by Gasteiger charge is 2.29. The molecule has 1 aromatic carbocycles. The predicted molar refractivity (Wildman–Crippen MR) is 110 cm³/mol. The summed E-state index contributed by atoms with van der Waals surface area (Å²) in [5.74, 6) is 0.603. The van der Waals surface area contributed by atoms with Crippen molar-refractivity contribution in [2.45, 2.75) is 44.7 Å². The van der Waals surface area contributed by atoms with Crippen LogP contribution in [0.3, 0.4) is 0 Å². The van der Waals surface area contributed by atoms with Crippen LogP contribution in [0.1, 0.15) is 27.7 Å². The van der Waals surface area contributed by atoms with Crippen molar-refractivity contribution in [1.82, 2.24) is 14.9 Å². The maximum absolute atomic E-state index is 12.6. The first kappa shape index (κ1) is 24.5. The number of carbonyl (C=O) groups excluding carboxylic acids is 1. The van der Waals surface area contributed by atoms with Gasteiger partial charge < -0.3 is 19.7 Å². The number of rotatable bonds is 8. The zero-order valence-electron chi connectivity index (χ0n) is 16.7. The molecule has 2 N–H and O–H groups in total. The highest BCUT2D eigenvalue weighted by Crippen LogP contribution is 2.30. The number of nitrogens with one attached hydrogen (secondary N) is 2. The van der Waals surface area contributed by atoms with E-state index in [0.29, 0.717) is 37.8 Å². The Bertz CT molecular complexity index is 760. The summed E-state index contributed by atoms with van der Waals surface area (Å²) in [5, 5.41) is 3.29. The number of halogens is 1. The van der Waals surface area contributed by atoms with Crippen LogP contribution < -0.4 is 19.5 Å². The van der Waals surface area contributed by atoms with E-state index in [1.165, 1.54) is 12.1 Å². The standard InChI is InChI=1S/C18H29N3O5S.ClH/c1-5-25-16-8-7-15(11-17(16)26-6-2)27(23,24)20-12-18(22)21-10-9-19-13(3)14(21)4;/h7-8,11,13-14,19-20H,5-6,9-10,12H2,1-4H3;1H. The van der Waals surface area contributed by atoms with Gasteiger partial charge in [-0.25, -0.2) is 13.1 Å². The molecule has 1 aromatic rings. The molecule has 0 aromatic heterocycles. The first-order chi connectivity index (χ1) is 12.8. The summed E-state index contributed by atoms with van der Waals surface area (Å²) >= 11 is 0. The summed E-state index contributed by atoms with van der Waals surface area (Å²) in [6.07, 6.45) is 0. The molecule has 1 aliphatic heterocycles. The minimum absolute atomic E-state index is 0. The Morgan fingerprint density at radius 1 is 1.21 bits per heavy atom. The Morgan fingerprint density at radius 3 is 2.50 bits per heavy atom. The van der Waals surface area contributed by atoms with E-state index in [2.05, 4.69) is 10.0 Å². The van der Waals surface area contributed by atoms with Crippen LogP contribution in [-0.4, -0.2) is 64.2 Å². The van der Waals surface area contributed by atoms with Gasteiger partial charge in [-0.3, -0.25) is 4.79 Å². The third-order valence-electron chi connectivity index (χ3n) is 4.59. The number of ether oxygens (including phenoxy) is 2. The minimum Gasteiger partial charge on any atom is -0.490 e. The quantitative estimate of drug-likeness (QED) is 0.640. The Kier molecular flexibility index (Phi) is 9.49. The van der Waals surface area contributed by atoms with Crippen molar-refractivity contribution in [3.05, 3.63) is 18.2 Å². The lowest BCUT2D eigenvalue weighted by Crippen LogP contribution is -2.58. The molecular weight excluding hydrogens is 406 g/mol. The average Bonchev–Trinajstić information content (AvgIpc) is 2.64. The normalized spacial score (nSPS) is 19.6. The number of piperazine rings is 1. The van der Waals surface area contributed by atoms with Crippen LogP contribution in [0.2, 0.25) is 0 Å². The van der Waals surface area contributed by atoms with Gasteiger partial charge in [-0.15, -0.1) is 12.4 Å². The highest BCUT2D eigenvalue weighted by atomic mass is 35.5. The van der Waals surface area contributed by atoms with Crippen LogP contribution in [0, 0.1) is 0 Å². The zero-order chi connectivity index (χ0) is 20.0. The summed E-state index contributed by atoms with van der Waals surface area (Å²) in [4.78, 5) is 14.2. The lowest BCUT2D eigenvalue weighted by atomic mass is 10.1. The van der Waals surface area contributed by atoms with Crippen LogP contribution in [-0.2, 0) is 14.8 Å². The summed E-state index contributed by atoms with van der Waals surface area (Å²) in [5.41, 5.74) is 0. The van der Waals surface area contributed by atoms with Crippen LogP contribution in [0.15, 0.2) is 23.1 Å². The van der Waals surface area contributed by atoms with E-state index in [-0.39, 0.29) is 41.8 Å². The van der Waals surface area contributed by atoms with Crippen LogP contribution in [0.5, 0.6) is 11.5 Å². The van der Waals surface area contributed by atoms with E-state index in [9.17, 15) is 13.2 Å². The largest absolute Gasteiger partial charge is 0.490 e. The molecule has 0 radical (unpaired) electrons. The molecule has 28 heavy (non-hydrogen) atoms. The lowest BCUT2D eigenvalue weighted by molar-refractivity contribution is -0.133. The Balaban J connectivity index is 0.00000392. The molecule has 0 bridgehead atoms. The number of amides is 1. The third kappa shape index (κ3) is 5.97. The van der Waals surface area contributed by atoms with Crippen LogP contribution >= 0.6 is 12.4 Å². The predicted octanol–water partition coefficient (Wildman–Crippen LogP) is 1.39. The van der Waals surface area contributed by atoms with Gasteiger partial charge in [-0.1, -0.05) is 0 Å². The van der Waals surface area contributed by atoms with Crippen molar-refractivity contribution >= 4 is 28.3 Å². The fourth-order valence-electron chi connectivity index (χ4n) is 2.95. The highest BCUT2D eigenvalue weighted by molar-refractivity contribution is 7.89. The van der Waals surface area contributed by atoms with Gasteiger partial charge in [0.15, 0.2) is 11.5 Å². The van der Waals surface area contributed by atoms with Gasteiger partial charge in [0.05, 0.1) is 24.7 Å². The molecule has 160 valence electrons. The second kappa shape index (κ2) is 10.8. The smallest absolute Gasteiger partial charge is 0.241 e. The van der Waals surface area contributed by atoms with Crippen LogP contribution in [0.25, 0.3) is 0 Å². The van der Waals surface area contributed by atoms with Crippen molar-refractivity contribution in [2.75, 3.05) is 32.8 Å². The van der Waals surface area contributed by atoms with E-state index >= 15 is 0 Å². The summed E-state index contributed by atoms with van der Waals surface area (Å²) in [7, 11) is -3.85. The lowest BCUT2D eigenvalue weighted by Gasteiger charge is -2.38. The number of carbonyl (C=O) groups is 1. The maximum Gasteiger partial charge on any atom is 0.241 e. The SMILES string of the molecule is CCOc1ccc(S(=O)(=O)NCC(=O)N2CCNC(C)C2C)cc1OCC.Cl. The second-order valence-corrected chi connectivity index (χ2v) is 8.14. The molecular formula is C18H30ClN3O5S. The first-order valence-electron chi connectivity index (χ1n) is 9.22. The van der Waals surface area contributed by atoms with E-state index in [1.54, 1.807) is 11.0 Å². The van der Waals surface area contributed by atoms with Crippen molar-refractivity contribution in [3.8, 4) is 11.5 Å². The van der Waals surface area contributed by atoms with E-state index in [0.717, 1.165) is 0 Å². The van der Waals surface area contributed by atoms with Crippen molar-refractivity contribution in [3.63, 3.8) is 0 Å². The van der Waals surface area contributed by atoms with Gasteiger partial charge >= 0.3 is 0 Å². The summed E-state index contributed by atoms with van der Waals surface area (Å²) in [6.45, 7) is 9.40. The summed E-state index contributed by atoms with van der Waals surface area (Å²) < 4.78 is 38.5. The molecule has 1 heterocycles. The van der Waals surface area contributed by atoms with Crippen LogP contribution in [0.4, 0.5) is 0 Å². The van der Waals surface area contributed by atoms with Gasteiger partial charge in [0, 0.05) is 31.2 Å². The molecule has 2 rings (SSSR count). The first-order valence-corrected chi connectivity index (χ1v) is 10.7. The second-order valence-electron chi connectivity index (χ2n) is 6.37. The minimum atomic E-state index is -3.85. The molecule has 0 aliphatic carbocycles. The van der Waals surface area contributed by atoms with Crippen molar-refractivity contribution < 1.29 is 22.7 Å². The molecule has 10 heteroatoms. The summed E-state index contributed by atoms with van der Waals surface area (Å²) in [6, 6.07) is 4.59. The number of hydrogen-bond donors (Lipinski definition) is 2. The monoisotopic (exact) mass is 435 g/mol. The topological polar surface area (TPSA) is 97.0 Å². The Hall–Kier alpha value is -1.55. The molecule has 1 saturated heterocycles. The molecule has 8 nitrogen and oxygen atoms in total. The van der Waals surface area contributed by atoms with Gasteiger partial charge in [-0.05, 0) is 39.8 Å². The average molecular weight is 436 g/mol. The molecule has 2 unspecified atom stereocenters. The molecule has 0 saturated carbocycles. The van der Waals surface area contributed by atoms with Crippen molar-refractivity contribution in [2.24, 2.45) is 0 Å². The number of benzene rings is 1.